The number of hydrogen-bond donors (Lipinski definition) is 4. The number of methoxy groups -OCH3 is 4. The highest BCUT2D eigenvalue weighted by Gasteiger charge is 2.29. The number of fused-ring (bicyclic) bond motifs is 4. The average molecular weight is 615 g/mol. The van der Waals surface area contributed by atoms with E-state index in [1.54, 1.807) is 27.4 Å². The van der Waals surface area contributed by atoms with E-state index in [0.29, 0.717) is 54.2 Å². The van der Waals surface area contributed by atoms with Crippen molar-refractivity contribution in [2.45, 2.75) is 32.2 Å². The Hall–Kier alpha value is -5.19. The Balaban J connectivity index is 1.39. The minimum atomic E-state index is -0.424. The monoisotopic (exact) mass is 614 g/mol. The Bertz CT molecular complexity index is 1800. The van der Waals surface area contributed by atoms with Crippen molar-refractivity contribution in [3.05, 3.63) is 75.6 Å². The molecule has 3 aromatic carbocycles. The Morgan fingerprint density at radius 1 is 0.956 bits per heavy atom. The van der Waals surface area contributed by atoms with Gasteiger partial charge in [-0.05, 0) is 77.9 Å². The molecule has 0 saturated carbocycles. The van der Waals surface area contributed by atoms with Crippen LogP contribution in [0.3, 0.4) is 0 Å². The Kier molecular flexibility index (Phi) is 9.46. The lowest BCUT2D eigenvalue weighted by Crippen LogP contribution is -2.32. The van der Waals surface area contributed by atoms with Crippen molar-refractivity contribution in [3.8, 4) is 34.1 Å². The van der Waals surface area contributed by atoms with Gasteiger partial charge in [-0.15, -0.1) is 0 Å². The first-order chi connectivity index (χ1) is 21.8. The lowest BCUT2D eigenvalue weighted by Gasteiger charge is -2.19. The molecule has 1 heterocycles. The minimum absolute atomic E-state index is 0.0916. The molecule has 0 spiro atoms. The molecular formula is C34H38N4O7. The summed E-state index contributed by atoms with van der Waals surface area (Å²) in [6.07, 6.45) is 3.70. The van der Waals surface area contributed by atoms with E-state index in [0.717, 1.165) is 33.3 Å². The van der Waals surface area contributed by atoms with Crippen molar-refractivity contribution in [1.82, 2.24) is 15.6 Å². The van der Waals surface area contributed by atoms with E-state index in [2.05, 4.69) is 20.9 Å². The fourth-order valence-corrected chi connectivity index (χ4v) is 5.92. The third-order valence-corrected chi connectivity index (χ3v) is 8.05. The van der Waals surface area contributed by atoms with Crippen molar-refractivity contribution in [1.29, 1.82) is 0 Å². The van der Waals surface area contributed by atoms with Gasteiger partial charge in [-0.1, -0.05) is 6.07 Å². The number of H-pyrrole nitrogens is 1. The van der Waals surface area contributed by atoms with Gasteiger partial charge in [0.25, 0.3) is 0 Å². The molecular weight excluding hydrogens is 576 g/mol. The number of carbonyl (C=O) groups excluding carboxylic acids is 2. The van der Waals surface area contributed by atoms with E-state index in [4.69, 9.17) is 18.9 Å². The van der Waals surface area contributed by atoms with Gasteiger partial charge in [-0.25, -0.2) is 0 Å². The number of benzene rings is 2. The third kappa shape index (κ3) is 6.52. The van der Waals surface area contributed by atoms with Crippen LogP contribution in [0.4, 0.5) is 5.69 Å². The minimum Gasteiger partial charge on any atom is -0.497 e. The highest BCUT2D eigenvalue weighted by molar-refractivity contribution is 5.86. The van der Waals surface area contributed by atoms with Gasteiger partial charge in [0.1, 0.15) is 5.75 Å². The quantitative estimate of drug-likeness (QED) is 0.198. The molecule has 1 aliphatic carbocycles. The summed E-state index contributed by atoms with van der Waals surface area (Å²) in [4.78, 5) is 41.7. The molecule has 0 fully saturated rings. The first-order valence-electron chi connectivity index (χ1n) is 14.7. The summed E-state index contributed by atoms with van der Waals surface area (Å²) in [6, 6.07) is 12.3. The van der Waals surface area contributed by atoms with Gasteiger partial charge in [0.2, 0.25) is 23.0 Å². The van der Waals surface area contributed by atoms with Crippen LogP contribution in [-0.2, 0) is 22.4 Å². The molecule has 45 heavy (non-hydrogen) atoms. The van der Waals surface area contributed by atoms with E-state index in [1.165, 1.54) is 20.1 Å². The maximum atomic E-state index is 13.5. The van der Waals surface area contributed by atoms with Gasteiger partial charge < -0.3 is 39.9 Å². The summed E-state index contributed by atoms with van der Waals surface area (Å²) < 4.78 is 22.4. The molecule has 4 N–H and O–H groups in total. The Morgan fingerprint density at radius 2 is 1.76 bits per heavy atom. The highest BCUT2D eigenvalue weighted by Crippen LogP contribution is 2.50. The number of hydrogen-bond acceptors (Lipinski definition) is 8. The van der Waals surface area contributed by atoms with Crippen molar-refractivity contribution in [2.75, 3.05) is 46.8 Å². The lowest BCUT2D eigenvalue weighted by atomic mass is 9.95. The van der Waals surface area contributed by atoms with Gasteiger partial charge >= 0.3 is 0 Å². The van der Waals surface area contributed by atoms with E-state index in [1.807, 2.05) is 36.5 Å². The summed E-state index contributed by atoms with van der Waals surface area (Å²) in [6.45, 7) is 1.78. The van der Waals surface area contributed by atoms with Gasteiger partial charge in [0.05, 0.1) is 46.7 Å². The van der Waals surface area contributed by atoms with Crippen LogP contribution in [0, 0.1) is 0 Å². The zero-order valence-corrected chi connectivity index (χ0v) is 26.1. The van der Waals surface area contributed by atoms with Crippen LogP contribution in [0.5, 0.6) is 23.0 Å². The molecule has 1 atom stereocenters. The number of ether oxygens (including phenoxy) is 4. The van der Waals surface area contributed by atoms with E-state index in [-0.39, 0.29) is 29.5 Å². The number of carbonyl (C=O) groups is 2. The maximum Gasteiger partial charge on any atom is 0.239 e. The van der Waals surface area contributed by atoms with Crippen molar-refractivity contribution < 1.29 is 28.5 Å². The van der Waals surface area contributed by atoms with Gasteiger partial charge in [-0.2, -0.15) is 0 Å². The van der Waals surface area contributed by atoms with E-state index >= 15 is 0 Å². The van der Waals surface area contributed by atoms with Gasteiger partial charge in [0, 0.05) is 36.1 Å². The summed E-state index contributed by atoms with van der Waals surface area (Å²) in [5, 5.41) is 9.95. The van der Waals surface area contributed by atoms with Crippen LogP contribution in [0.2, 0.25) is 0 Å². The molecule has 0 bridgehead atoms. The van der Waals surface area contributed by atoms with Crippen LogP contribution in [0.1, 0.15) is 36.1 Å². The molecule has 0 saturated heterocycles. The molecule has 4 aromatic rings. The van der Waals surface area contributed by atoms with Gasteiger partial charge in [-0.3, -0.25) is 14.4 Å². The molecule has 11 nitrogen and oxygen atoms in total. The fraction of sp³-hybridized carbons (Fsp3) is 0.324. The van der Waals surface area contributed by atoms with E-state index < -0.39 is 6.04 Å². The summed E-state index contributed by atoms with van der Waals surface area (Å²) >= 11 is 0. The molecule has 236 valence electrons. The topological polar surface area (TPSA) is 140 Å². The molecule has 11 heteroatoms. The highest BCUT2D eigenvalue weighted by atomic mass is 16.5. The second-order valence-corrected chi connectivity index (χ2v) is 10.8. The first kappa shape index (κ1) is 31.2. The zero-order chi connectivity index (χ0) is 32.1. The summed E-state index contributed by atoms with van der Waals surface area (Å²) in [5.74, 6) is 1.73. The molecule has 1 aliphatic rings. The molecule has 0 radical (unpaired) electrons. The second kappa shape index (κ2) is 13.6. The average Bonchev–Trinajstić information content (AvgIpc) is 3.29. The summed E-state index contributed by atoms with van der Waals surface area (Å²) in [5.41, 5.74) is 5.05. The fourth-order valence-electron chi connectivity index (χ4n) is 5.92. The maximum absolute atomic E-state index is 13.5. The number of amides is 2. The van der Waals surface area contributed by atoms with Crippen LogP contribution < -0.4 is 40.3 Å². The standard InChI is InChI=1S/C34H38N4O7/c1-19(39)38-27-9-6-20-14-30(43-3)33(44-4)34(45-5)32(20)23-8-11-28(29(40)16-25(23)27)37-18-31(41)35-13-12-21-17-36-26-10-7-22(42-2)15-24(21)26/h7-8,10-11,14-17,27,36H,6,9,12-13,18H2,1-5H3,(H,35,41)(H,37,40)(H,38,39)/t27-/m0/s1. The largest absolute Gasteiger partial charge is 0.497 e. The Labute approximate surface area is 261 Å². The molecule has 0 unspecified atom stereocenters. The van der Waals surface area contributed by atoms with Crippen LogP contribution in [0.15, 0.2) is 53.5 Å². The number of aryl methyl sites for hydroxylation is 1. The van der Waals surface area contributed by atoms with E-state index in [9.17, 15) is 14.4 Å². The number of anilines is 1. The zero-order valence-electron chi connectivity index (χ0n) is 26.1. The smallest absolute Gasteiger partial charge is 0.239 e. The van der Waals surface area contributed by atoms with Crippen molar-refractivity contribution >= 4 is 28.4 Å². The Morgan fingerprint density at radius 3 is 2.47 bits per heavy atom. The third-order valence-electron chi connectivity index (χ3n) is 8.05. The SMILES string of the molecule is COc1ccc2[nH]cc(CCNC(=O)CNc3ccc4c(cc3=O)[C@@H](NC(C)=O)CCc3cc(OC)c(OC)c(OC)c3-4)c2c1. The number of aromatic nitrogens is 1. The van der Waals surface area contributed by atoms with Crippen LogP contribution in [0.25, 0.3) is 22.0 Å². The van der Waals surface area contributed by atoms with Crippen molar-refractivity contribution in [3.63, 3.8) is 0 Å². The number of aromatic amines is 1. The lowest BCUT2D eigenvalue weighted by molar-refractivity contribution is -0.120. The second-order valence-electron chi connectivity index (χ2n) is 10.8. The molecule has 2 amide bonds. The predicted molar refractivity (Wildman–Crippen MR) is 173 cm³/mol. The molecule has 5 rings (SSSR count). The number of rotatable bonds is 11. The first-order valence-corrected chi connectivity index (χ1v) is 14.7. The number of nitrogens with one attached hydrogen (secondary N) is 4. The van der Waals surface area contributed by atoms with Gasteiger partial charge in [0.15, 0.2) is 11.5 Å². The molecule has 0 aliphatic heterocycles. The van der Waals surface area contributed by atoms with Crippen molar-refractivity contribution in [2.24, 2.45) is 0 Å². The molecule has 1 aromatic heterocycles. The normalized spacial score (nSPS) is 13.6. The predicted octanol–water partition coefficient (Wildman–Crippen LogP) is 4.12. The van der Waals surface area contributed by atoms with Crippen LogP contribution >= 0.6 is 0 Å². The van der Waals surface area contributed by atoms with Crippen LogP contribution in [-0.4, -0.2) is 58.3 Å². The summed E-state index contributed by atoms with van der Waals surface area (Å²) in [7, 11) is 6.28.